The van der Waals surface area contributed by atoms with Gasteiger partial charge in [0.25, 0.3) is 5.91 Å². The zero-order chi connectivity index (χ0) is 15.3. The molecule has 3 aliphatic rings. The normalized spacial score (nSPS) is 35.4. The van der Waals surface area contributed by atoms with Gasteiger partial charge in [-0.15, -0.1) is 0 Å². The summed E-state index contributed by atoms with van der Waals surface area (Å²) in [5.74, 6) is -2.32. The first-order valence-corrected chi connectivity index (χ1v) is 7.37. The minimum atomic E-state index is -0.803. The average Bonchev–Trinajstić information content (AvgIpc) is 3.18. The summed E-state index contributed by atoms with van der Waals surface area (Å²) in [6.07, 6.45) is 1.10. The summed E-state index contributed by atoms with van der Waals surface area (Å²) in [5.41, 5.74) is -0.253. The van der Waals surface area contributed by atoms with Crippen LogP contribution < -0.4 is 5.32 Å². The minimum absolute atomic E-state index is 0.209. The van der Waals surface area contributed by atoms with Gasteiger partial charge in [0.2, 0.25) is 0 Å². The average molecular weight is 301 g/mol. The minimum Gasteiger partial charge on any atom is -0.393 e. The molecule has 0 spiro atoms. The van der Waals surface area contributed by atoms with Gasteiger partial charge in [-0.1, -0.05) is 18.2 Å². The van der Waals surface area contributed by atoms with Crippen molar-refractivity contribution in [2.75, 3.05) is 6.54 Å². The molecule has 0 aromatic heterocycles. The third-order valence-electron chi connectivity index (χ3n) is 4.88. The van der Waals surface area contributed by atoms with E-state index in [9.17, 15) is 14.4 Å². The van der Waals surface area contributed by atoms with Gasteiger partial charge in [-0.2, -0.15) is 0 Å². The molecule has 3 heterocycles. The third kappa shape index (κ3) is 1.80. The van der Waals surface area contributed by atoms with E-state index in [1.807, 2.05) is 6.07 Å². The predicted octanol–water partition coefficient (Wildman–Crippen LogP) is 0.664. The van der Waals surface area contributed by atoms with E-state index in [2.05, 4.69) is 5.32 Å². The van der Waals surface area contributed by atoms with E-state index in [-0.39, 0.29) is 18.6 Å². The maximum absolute atomic E-state index is 12.2. The quantitative estimate of drug-likeness (QED) is 0.655. The van der Waals surface area contributed by atoms with Crippen LogP contribution in [0.3, 0.4) is 0 Å². The topological polar surface area (TPSA) is 81.7 Å². The van der Waals surface area contributed by atoms with Crippen molar-refractivity contribution in [2.45, 2.75) is 24.5 Å². The molecule has 1 amide bonds. The number of ether oxygens (including phenoxy) is 2. The summed E-state index contributed by atoms with van der Waals surface area (Å²) < 4.78 is 10.7. The van der Waals surface area contributed by atoms with E-state index in [0.29, 0.717) is 18.4 Å². The molecule has 3 aliphatic heterocycles. The smallest absolute Gasteiger partial charge is 0.320 e. The summed E-state index contributed by atoms with van der Waals surface area (Å²) >= 11 is 0. The molecule has 0 unspecified atom stereocenters. The Labute approximate surface area is 126 Å². The Balaban J connectivity index is 1.52. The molecule has 1 aromatic carbocycles. The lowest BCUT2D eigenvalue weighted by molar-refractivity contribution is -0.158. The summed E-state index contributed by atoms with van der Waals surface area (Å²) in [6.45, 7) is 0.209. The Morgan fingerprint density at radius 1 is 1.23 bits per heavy atom. The van der Waals surface area contributed by atoms with Crippen molar-refractivity contribution in [2.24, 2.45) is 11.8 Å². The summed E-state index contributed by atoms with van der Waals surface area (Å²) in [7, 11) is 0. The highest BCUT2D eigenvalue weighted by Crippen LogP contribution is 2.54. The van der Waals surface area contributed by atoms with Crippen molar-refractivity contribution < 1.29 is 23.9 Å². The van der Waals surface area contributed by atoms with Crippen molar-refractivity contribution in [3.05, 3.63) is 35.9 Å². The number of carbonyl (C=O) groups is 3. The molecule has 2 bridgehead atoms. The third-order valence-corrected chi connectivity index (χ3v) is 4.88. The van der Waals surface area contributed by atoms with Gasteiger partial charge >= 0.3 is 11.9 Å². The van der Waals surface area contributed by atoms with Crippen LogP contribution in [0.2, 0.25) is 0 Å². The molecular weight excluding hydrogens is 286 g/mol. The number of fused-ring (bicyclic) bond motifs is 5. The molecule has 22 heavy (non-hydrogen) atoms. The molecule has 0 aliphatic carbocycles. The van der Waals surface area contributed by atoms with E-state index in [1.165, 1.54) is 0 Å². The number of cyclic esters (lactones) is 2. The molecule has 4 rings (SSSR count). The highest BCUT2D eigenvalue weighted by Gasteiger charge is 2.68. The van der Waals surface area contributed by atoms with Crippen LogP contribution >= 0.6 is 0 Å². The number of benzene rings is 1. The Hall–Kier alpha value is -2.21. The van der Waals surface area contributed by atoms with Crippen molar-refractivity contribution >= 4 is 17.8 Å². The fraction of sp³-hybridized carbons (Fsp3) is 0.438. The second kappa shape index (κ2) is 4.64. The first kappa shape index (κ1) is 13.5. The van der Waals surface area contributed by atoms with Crippen molar-refractivity contribution in [1.82, 2.24) is 5.32 Å². The van der Waals surface area contributed by atoms with E-state index < -0.39 is 29.4 Å². The van der Waals surface area contributed by atoms with E-state index >= 15 is 0 Å². The number of hydrogen-bond acceptors (Lipinski definition) is 5. The van der Waals surface area contributed by atoms with Crippen LogP contribution in [0.4, 0.5) is 0 Å². The molecule has 0 radical (unpaired) electrons. The lowest BCUT2D eigenvalue weighted by Crippen LogP contribution is -2.49. The molecule has 4 atom stereocenters. The SMILES string of the molecule is O=C(NC[C@@]12CC[C@@H](O1)[C@@H]1C(=O)OC(=O)[C@@H]12)c1ccccc1. The van der Waals surface area contributed by atoms with Gasteiger partial charge in [-0.3, -0.25) is 14.4 Å². The number of rotatable bonds is 3. The summed E-state index contributed by atoms with van der Waals surface area (Å²) in [4.78, 5) is 35.8. The molecule has 3 saturated heterocycles. The van der Waals surface area contributed by atoms with Crippen LogP contribution in [0.15, 0.2) is 30.3 Å². The Bertz CT molecular complexity index is 658. The monoisotopic (exact) mass is 301 g/mol. The number of hydrogen-bond donors (Lipinski definition) is 1. The van der Waals surface area contributed by atoms with Crippen LogP contribution in [-0.2, 0) is 19.1 Å². The van der Waals surface area contributed by atoms with Gasteiger partial charge < -0.3 is 14.8 Å². The first-order chi connectivity index (χ1) is 10.6. The first-order valence-electron chi connectivity index (χ1n) is 7.37. The highest BCUT2D eigenvalue weighted by molar-refractivity contribution is 5.99. The largest absolute Gasteiger partial charge is 0.393 e. The van der Waals surface area contributed by atoms with Crippen LogP contribution in [-0.4, -0.2) is 36.1 Å². The molecule has 1 N–H and O–H groups in total. The van der Waals surface area contributed by atoms with Crippen LogP contribution in [0.25, 0.3) is 0 Å². The van der Waals surface area contributed by atoms with Crippen molar-refractivity contribution in [3.8, 4) is 0 Å². The van der Waals surface area contributed by atoms with Crippen LogP contribution in [0.5, 0.6) is 0 Å². The molecule has 6 nitrogen and oxygen atoms in total. The van der Waals surface area contributed by atoms with Gasteiger partial charge in [0.15, 0.2) is 0 Å². The standard InChI is InChI=1S/C16H15NO5/c18-13(9-4-2-1-3-5-9)17-8-16-7-6-10(22-16)11-12(16)15(20)21-14(11)19/h1-5,10-12H,6-8H2,(H,17,18)/t10-,11+,12-,16-/m1/s1. The van der Waals surface area contributed by atoms with Crippen LogP contribution in [0.1, 0.15) is 23.2 Å². The lowest BCUT2D eigenvalue weighted by atomic mass is 9.73. The van der Waals surface area contributed by atoms with Crippen molar-refractivity contribution in [3.63, 3.8) is 0 Å². The highest BCUT2D eigenvalue weighted by atomic mass is 16.6. The second-order valence-electron chi connectivity index (χ2n) is 6.05. The molecule has 3 fully saturated rings. The number of carbonyl (C=O) groups excluding carboxylic acids is 3. The van der Waals surface area contributed by atoms with Gasteiger partial charge in [-0.25, -0.2) is 0 Å². The van der Waals surface area contributed by atoms with Gasteiger partial charge in [0.1, 0.15) is 11.5 Å². The zero-order valence-corrected chi connectivity index (χ0v) is 11.8. The Kier molecular flexibility index (Phi) is 2.84. The van der Waals surface area contributed by atoms with Crippen LogP contribution in [0, 0.1) is 11.8 Å². The molecule has 6 heteroatoms. The second-order valence-corrected chi connectivity index (χ2v) is 6.05. The summed E-state index contributed by atoms with van der Waals surface area (Å²) in [5, 5.41) is 2.82. The Morgan fingerprint density at radius 2 is 2.00 bits per heavy atom. The fourth-order valence-corrected chi connectivity index (χ4v) is 3.87. The lowest BCUT2D eigenvalue weighted by Gasteiger charge is -2.29. The van der Waals surface area contributed by atoms with E-state index in [1.54, 1.807) is 24.3 Å². The van der Waals surface area contributed by atoms with Crippen molar-refractivity contribution in [1.29, 1.82) is 0 Å². The number of amides is 1. The molecule has 1 aromatic rings. The maximum Gasteiger partial charge on any atom is 0.320 e. The molecule has 0 saturated carbocycles. The fourth-order valence-electron chi connectivity index (χ4n) is 3.87. The van der Waals surface area contributed by atoms with Gasteiger partial charge in [0, 0.05) is 12.1 Å². The zero-order valence-electron chi connectivity index (χ0n) is 11.8. The van der Waals surface area contributed by atoms with Gasteiger partial charge in [0.05, 0.1) is 12.0 Å². The number of nitrogens with one attached hydrogen (secondary N) is 1. The molecular formula is C16H15NO5. The number of esters is 2. The van der Waals surface area contributed by atoms with Gasteiger partial charge in [-0.05, 0) is 25.0 Å². The van der Waals surface area contributed by atoms with E-state index in [0.717, 1.165) is 0 Å². The molecule has 114 valence electrons. The van der Waals surface area contributed by atoms with E-state index in [4.69, 9.17) is 9.47 Å². The summed E-state index contributed by atoms with van der Waals surface area (Å²) in [6, 6.07) is 8.84. The predicted molar refractivity (Wildman–Crippen MR) is 73.7 cm³/mol. The Morgan fingerprint density at radius 3 is 2.77 bits per heavy atom. The maximum atomic E-state index is 12.2.